The monoisotopic (exact) mass is 352 g/mol. The Kier molecular flexibility index (Phi) is 5.01. The summed E-state index contributed by atoms with van der Waals surface area (Å²) in [5, 5.41) is 2.98. The molecule has 1 fully saturated rings. The van der Waals surface area contributed by atoms with E-state index in [4.69, 9.17) is 0 Å². The maximum Gasteiger partial charge on any atom is 0.573 e. The largest absolute Gasteiger partial charge is 0.573 e. The maximum atomic E-state index is 12.5. The summed E-state index contributed by atoms with van der Waals surface area (Å²) in [6.07, 6.45) is 2.05. The summed E-state index contributed by atoms with van der Waals surface area (Å²) in [6, 6.07) is 7.53. The minimum absolute atomic E-state index is 0.167. The number of alkyl halides is 3. The number of aromatic amines is 1. The average Bonchev–Trinajstić information content (AvgIpc) is 3.05. The third-order valence-corrected chi connectivity index (χ3v) is 4.29. The van der Waals surface area contributed by atoms with Gasteiger partial charge in [0.05, 0.1) is 5.56 Å². The van der Waals surface area contributed by atoms with Crippen molar-refractivity contribution < 1.29 is 22.7 Å². The van der Waals surface area contributed by atoms with Crippen LogP contribution >= 0.6 is 0 Å². The SMILES string of the molecule is O=C(NC1CCCCC1)c1c[nH]c(-c2ccccc2OC(F)(F)F)c1. The highest BCUT2D eigenvalue weighted by Crippen LogP contribution is 2.33. The second-order valence-corrected chi connectivity index (χ2v) is 6.15. The number of benzene rings is 1. The molecule has 0 saturated heterocycles. The van der Waals surface area contributed by atoms with Gasteiger partial charge < -0.3 is 15.0 Å². The molecule has 0 aliphatic heterocycles. The van der Waals surface area contributed by atoms with Crippen LogP contribution in [0, 0.1) is 0 Å². The molecule has 25 heavy (non-hydrogen) atoms. The van der Waals surface area contributed by atoms with Gasteiger partial charge in [-0.05, 0) is 31.0 Å². The van der Waals surface area contributed by atoms with Crippen LogP contribution in [-0.4, -0.2) is 23.3 Å². The van der Waals surface area contributed by atoms with Gasteiger partial charge >= 0.3 is 6.36 Å². The van der Waals surface area contributed by atoms with Crippen molar-refractivity contribution in [2.75, 3.05) is 0 Å². The van der Waals surface area contributed by atoms with Gasteiger partial charge in [0.15, 0.2) is 0 Å². The van der Waals surface area contributed by atoms with E-state index >= 15 is 0 Å². The number of H-pyrrole nitrogens is 1. The number of halogens is 3. The van der Waals surface area contributed by atoms with Crippen LogP contribution < -0.4 is 10.1 Å². The quantitative estimate of drug-likeness (QED) is 0.842. The summed E-state index contributed by atoms with van der Waals surface area (Å²) in [6.45, 7) is 0. The lowest BCUT2D eigenvalue weighted by atomic mass is 9.95. The zero-order chi connectivity index (χ0) is 17.9. The topological polar surface area (TPSA) is 54.1 Å². The lowest BCUT2D eigenvalue weighted by molar-refractivity contribution is -0.274. The first-order valence-corrected chi connectivity index (χ1v) is 8.27. The molecular formula is C18H19F3N2O2. The van der Waals surface area contributed by atoms with Gasteiger partial charge in [-0.3, -0.25) is 4.79 Å². The number of para-hydroxylation sites is 1. The molecule has 1 heterocycles. The third kappa shape index (κ3) is 4.55. The molecule has 0 spiro atoms. The Morgan fingerprint density at radius 1 is 1.16 bits per heavy atom. The fourth-order valence-corrected chi connectivity index (χ4v) is 3.10. The van der Waals surface area contributed by atoms with Crippen LogP contribution in [0.5, 0.6) is 5.75 Å². The summed E-state index contributed by atoms with van der Waals surface area (Å²) in [5.74, 6) is -0.528. The van der Waals surface area contributed by atoms with Crippen LogP contribution in [0.2, 0.25) is 0 Å². The molecule has 0 bridgehead atoms. The van der Waals surface area contributed by atoms with Crippen molar-refractivity contribution in [3.05, 3.63) is 42.1 Å². The highest BCUT2D eigenvalue weighted by Gasteiger charge is 2.32. The first-order chi connectivity index (χ1) is 11.9. The molecule has 4 nitrogen and oxygen atoms in total. The Bertz CT molecular complexity index is 734. The summed E-state index contributed by atoms with van der Waals surface area (Å²) in [4.78, 5) is 15.2. The molecule has 2 aromatic rings. The number of carbonyl (C=O) groups is 1. The number of hydrogen-bond acceptors (Lipinski definition) is 2. The van der Waals surface area contributed by atoms with Gasteiger partial charge in [0, 0.05) is 23.5 Å². The molecule has 1 aromatic carbocycles. The molecule has 1 aromatic heterocycles. The fourth-order valence-electron chi connectivity index (χ4n) is 3.10. The Morgan fingerprint density at radius 3 is 2.60 bits per heavy atom. The lowest BCUT2D eigenvalue weighted by Crippen LogP contribution is -2.35. The van der Waals surface area contributed by atoms with E-state index in [0.29, 0.717) is 11.3 Å². The highest BCUT2D eigenvalue weighted by molar-refractivity contribution is 5.95. The summed E-state index contributed by atoms with van der Waals surface area (Å²) in [7, 11) is 0. The Morgan fingerprint density at radius 2 is 1.88 bits per heavy atom. The average molecular weight is 352 g/mol. The van der Waals surface area contributed by atoms with Crippen molar-refractivity contribution in [1.82, 2.24) is 10.3 Å². The number of carbonyl (C=O) groups excluding carboxylic acids is 1. The molecule has 2 N–H and O–H groups in total. The molecule has 0 atom stereocenters. The van der Waals surface area contributed by atoms with Crippen molar-refractivity contribution >= 4 is 5.91 Å². The van der Waals surface area contributed by atoms with E-state index in [1.165, 1.54) is 36.9 Å². The fraction of sp³-hybridized carbons (Fsp3) is 0.389. The molecule has 0 radical (unpaired) electrons. The Hall–Kier alpha value is -2.44. The van der Waals surface area contributed by atoms with E-state index in [1.54, 1.807) is 6.07 Å². The Balaban J connectivity index is 1.76. The van der Waals surface area contributed by atoms with E-state index in [-0.39, 0.29) is 23.3 Å². The molecule has 7 heteroatoms. The van der Waals surface area contributed by atoms with Crippen molar-refractivity contribution in [2.45, 2.75) is 44.5 Å². The van der Waals surface area contributed by atoms with E-state index in [1.807, 2.05) is 0 Å². The second-order valence-electron chi connectivity index (χ2n) is 6.15. The van der Waals surface area contributed by atoms with Crippen LogP contribution in [0.1, 0.15) is 42.5 Å². The number of amides is 1. The van der Waals surface area contributed by atoms with Crippen molar-refractivity contribution in [1.29, 1.82) is 0 Å². The molecule has 1 aliphatic carbocycles. The van der Waals surface area contributed by atoms with Gasteiger partial charge in [-0.15, -0.1) is 13.2 Å². The normalized spacial score (nSPS) is 15.8. The highest BCUT2D eigenvalue weighted by atomic mass is 19.4. The second kappa shape index (κ2) is 7.21. The van der Waals surface area contributed by atoms with Crippen molar-refractivity contribution in [3.63, 3.8) is 0 Å². The van der Waals surface area contributed by atoms with E-state index in [9.17, 15) is 18.0 Å². The minimum atomic E-state index is -4.77. The first kappa shape index (κ1) is 17.4. The molecule has 134 valence electrons. The van der Waals surface area contributed by atoms with E-state index in [0.717, 1.165) is 25.7 Å². The summed E-state index contributed by atoms with van der Waals surface area (Å²) in [5.41, 5.74) is 1.03. The molecular weight excluding hydrogens is 333 g/mol. The predicted octanol–water partition coefficient (Wildman–Crippen LogP) is 4.64. The minimum Gasteiger partial charge on any atom is -0.405 e. The first-order valence-electron chi connectivity index (χ1n) is 8.27. The number of nitrogens with one attached hydrogen (secondary N) is 2. The molecule has 1 amide bonds. The maximum absolute atomic E-state index is 12.5. The van der Waals surface area contributed by atoms with Crippen LogP contribution in [0.15, 0.2) is 36.5 Å². The predicted molar refractivity (Wildman–Crippen MR) is 87.3 cm³/mol. The van der Waals surface area contributed by atoms with E-state index < -0.39 is 6.36 Å². The zero-order valence-electron chi connectivity index (χ0n) is 13.5. The van der Waals surface area contributed by atoms with Gasteiger partial charge in [-0.2, -0.15) is 0 Å². The lowest BCUT2D eigenvalue weighted by Gasteiger charge is -2.22. The molecule has 1 saturated carbocycles. The standard InChI is InChI=1S/C18H19F3N2O2/c19-18(20,21)25-16-9-5-4-8-14(16)15-10-12(11-22-15)17(24)23-13-6-2-1-3-7-13/h4-5,8-11,13,22H,1-3,6-7H2,(H,23,24). The van der Waals surface area contributed by atoms with Gasteiger partial charge in [-0.25, -0.2) is 0 Å². The molecule has 1 aliphatic rings. The number of hydrogen-bond donors (Lipinski definition) is 2. The van der Waals surface area contributed by atoms with Gasteiger partial charge in [0.25, 0.3) is 5.91 Å². The Labute approximate surface area is 143 Å². The van der Waals surface area contributed by atoms with Gasteiger partial charge in [0.1, 0.15) is 5.75 Å². The van der Waals surface area contributed by atoms with Gasteiger partial charge in [0.2, 0.25) is 0 Å². The van der Waals surface area contributed by atoms with Crippen LogP contribution in [-0.2, 0) is 0 Å². The summed E-state index contributed by atoms with van der Waals surface area (Å²) < 4.78 is 41.7. The zero-order valence-corrected chi connectivity index (χ0v) is 13.5. The van der Waals surface area contributed by atoms with Crippen LogP contribution in [0.4, 0.5) is 13.2 Å². The van der Waals surface area contributed by atoms with Crippen LogP contribution in [0.25, 0.3) is 11.3 Å². The van der Waals surface area contributed by atoms with Gasteiger partial charge in [-0.1, -0.05) is 31.4 Å². The third-order valence-electron chi connectivity index (χ3n) is 4.29. The number of aromatic nitrogens is 1. The van der Waals surface area contributed by atoms with Crippen molar-refractivity contribution in [2.24, 2.45) is 0 Å². The smallest absolute Gasteiger partial charge is 0.405 e. The van der Waals surface area contributed by atoms with Crippen LogP contribution in [0.3, 0.4) is 0 Å². The van der Waals surface area contributed by atoms with Crippen molar-refractivity contribution in [3.8, 4) is 17.0 Å². The molecule has 3 rings (SSSR count). The van der Waals surface area contributed by atoms with E-state index in [2.05, 4.69) is 15.0 Å². The number of rotatable bonds is 4. The molecule has 0 unspecified atom stereocenters. The number of ether oxygens (including phenoxy) is 1. The summed E-state index contributed by atoms with van der Waals surface area (Å²) >= 11 is 0.